The van der Waals surface area contributed by atoms with E-state index in [-0.39, 0.29) is 17.8 Å². The lowest BCUT2D eigenvalue weighted by Gasteiger charge is -2.13. The summed E-state index contributed by atoms with van der Waals surface area (Å²) in [4.78, 5) is 12.7. The van der Waals surface area contributed by atoms with Gasteiger partial charge in [-0.25, -0.2) is 9.07 Å². The van der Waals surface area contributed by atoms with Crippen molar-refractivity contribution in [1.29, 1.82) is 0 Å². The van der Waals surface area contributed by atoms with E-state index in [0.717, 1.165) is 27.8 Å². The lowest BCUT2D eigenvalue weighted by atomic mass is 10.1. The number of hydrogen-bond donors (Lipinski definition) is 2. The molecular weight excluding hydrogens is 345 g/mol. The molecule has 1 unspecified atom stereocenters. The van der Waals surface area contributed by atoms with Crippen LogP contribution in [0.4, 0.5) is 4.39 Å². The minimum atomic E-state index is -0.296. The van der Waals surface area contributed by atoms with E-state index in [1.807, 2.05) is 38.1 Å². The van der Waals surface area contributed by atoms with Gasteiger partial charge in [-0.1, -0.05) is 18.2 Å². The van der Waals surface area contributed by atoms with Gasteiger partial charge in [0.15, 0.2) is 5.69 Å². The Hall–Kier alpha value is -3.48. The molecule has 2 aromatic carbocycles. The van der Waals surface area contributed by atoms with Crippen LogP contribution in [0.5, 0.6) is 0 Å². The van der Waals surface area contributed by atoms with E-state index in [2.05, 4.69) is 20.6 Å². The zero-order valence-corrected chi connectivity index (χ0v) is 14.9. The molecule has 7 heteroatoms. The van der Waals surface area contributed by atoms with Crippen LogP contribution in [0.2, 0.25) is 0 Å². The number of H-pyrrole nitrogens is 1. The summed E-state index contributed by atoms with van der Waals surface area (Å²) >= 11 is 0. The van der Waals surface area contributed by atoms with Gasteiger partial charge in [-0.3, -0.25) is 9.89 Å². The largest absolute Gasteiger partial charge is 0.344 e. The summed E-state index contributed by atoms with van der Waals surface area (Å²) in [5, 5.41) is 15.1. The average Bonchev–Trinajstić information content (AvgIpc) is 3.26. The molecule has 136 valence electrons. The number of aromatic amines is 1. The smallest absolute Gasteiger partial charge is 0.272 e. The summed E-state index contributed by atoms with van der Waals surface area (Å²) in [6.07, 6.45) is 1.71. The van der Waals surface area contributed by atoms with E-state index in [4.69, 9.17) is 0 Å². The molecule has 0 saturated heterocycles. The van der Waals surface area contributed by atoms with Gasteiger partial charge in [0.25, 0.3) is 5.91 Å². The highest BCUT2D eigenvalue weighted by Gasteiger charge is 2.20. The second kappa shape index (κ2) is 6.68. The fraction of sp³-hybridized carbons (Fsp3) is 0.150. The first kappa shape index (κ1) is 17.0. The molecule has 4 rings (SSSR count). The van der Waals surface area contributed by atoms with Crippen LogP contribution in [0.15, 0.2) is 54.7 Å². The summed E-state index contributed by atoms with van der Waals surface area (Å²) < 4.78 is 14.9. The normalized spacial score (nSPS) is 12.3. The first-order chi connectivity index (χ1) is 13.0. The topological polar surface area (TPSA) is 75.6 Å². The van der Waals surface area contributed by atoms with Crippen molar-refractivity contribution in [3.05, 3.63) is 77.5 Å². The molecule has 1 amide bonds. The quantitative estimate of drug-likeness (QED) is 0.581. The van der Waals surface area contributed by atoms with Gasteiger partial charge in [-0.05, 0) is 44.2 Å². The Labute approximate surface area is 155 Å². The monoisotopic (exact) mass is 363 g/mol. The second-order valence-corrected chi connectivity index (χ2v) is 6.39. The molecule has 0 aliphatic heterocycles. The van der Waals surface area contributed by atoms with Crippen LogP contribution in [0, 0.1) is 12.7 Å². The van der Waals surface area contributed by atoms with Gasteiger partial charge in [0.05, 0.1) is 23.4 Å². The fourth-order valence-corrected chi connectivity index (χ4v) is 3.17. The minimum absolute atomic E-state index is 0.256. The van der Waals surface area contributed by atoms with Crippen molar-refractivity contribution in [1.82, 2.24) is 25.3 Å². The Morgan fingerprint density at radius 2 is 1.93 bits per heavy atom. The Morgan fingerprint density at radius 1 is 1.19 bits per heavy atom. The molecule has 0 aliphatic rings. The van der Waals surface area contributed by atoms with Crippen LogP contribution in [0.1, 0.15) is 34.7 Å². The maximum Gasteiger partial charge on any atom is 0.272 e. The van der Waals surface area contributed by atoms with Gasteiger partial charge in [-0.15, -0.1) is 0 Å². The molecule has 0 saturated carbocycles. The van der Waals surface area contributed by atoms with Gasteiger partial charge in [0.2, 0.25) is 0 Å². The minimum Gasteiger partial charge on any atom is -0.344 e. The number of fused-ring (bicyclic) bond motifs is 1. The van der Waals surface area contributed by atoms with Crippen LogP contribution in [0.25, 0.3) is 16.6 Å². The molecule has 4 aromatic rings. The third kappa shape index (κ3) is 3.08. The zero-order chi connectivity index (χ0) is 19.0. The third-order valence-electron chi connectivity index (χ3n) is 4.62. The van der Waals surface area contributed by atoms with Crippen molar-refractivity contribution in [2.75, 3.05) is 0 Å². The van der Waals surface area contributed by atoms with E-state index >= 15 is 0 Å². The summed E-state index contributed by atoms with van der Waals surface area (Å²) in [7, 11) is 0. The number of para-hydroxylation sites is 1. The first-order valence-corrected chi connectivity index (χ1v) is 8.59. The molecule has 6 nitrogen and oxygen atoms in total. The van der Waals surface area contributed by atoms with E-state index in [1.54, 1.807) is 23.0 Å². The van der Waals surface area contributed by atoms with Gasteiger partial charge < -0.3 is 5.32 Å². The van der Waals surface area contributed by atoms with Gasteiger partial charge in [-0.2, -0.15) is 10.2 Å². The molecule has 27 heavy (non-hydrogen) atoms. The third-order valence-corrected chi connectivity index (χ3v) is 4.62. The maximum atomic E-state index is 13.1. The molecule has 0 aliphatic carbocycles. The van der Waals surface area contributed by atoms with Crippen molar-refractivity contribution in [2.24, 2.45) is 0 Å². The number of carbonyl (C=O) groups excluding carboxylic acids is 1. The predicted octanol–water partition coefficient (Wildman–Crippen LogP) is 3.69. The SMILES string of the molecule is Cc1c(C(C)NC(=O)c2n[nH]c3ccccc23)cnn1-c1ccc(F)cc1. The number of nitrogens with zero attached hydrogens (tertiary/aromatic N) is 3. The zero-order valence-electron chi connectivity index (χ0n) is 14.9. The maximum absolute atomic E-state index is 13.1. The molecule has 0 fully saturated rings. The van der Waals surface area contributed by atoms with Crippen molar-refractivity contribution >= 4 is 16.8 Å². The number of nitrogens with one attached hydrogen (secondary N) is 2. The van der Waals surface area contributed by atoms with E-state index in [9.17, 15) is 9.18 Å². The Bertz CT molecular complexity index is 1110. The molecule has 0 radical (unpaired) electrons. The van der Waals surface area contributed by atoms with Crippen molar-refractivity contribution in [3.8, 4) is 5.69 Å². The molecule has 0 spiro atoms. The number of aromatic nitrogens is 4. The molecule has 2 N–H and O–H groups in total. The average molecular weight is 363 g/mol. The van der Waals surface area contributed by atoms with Crippen LogP contribution in [-0.4, -0.2) is 25.9 Å². The highest BCUT2D eigenvalue weighted by molar-refractivity contribution is 6.04. The Morgan fingerprint density at radius 3 is 2.70 bits per heavy atom. The first-order valence-electron chi connectivity index (χ1n) is 8.59. The highest BCUT2D eigenvalue weighted by atomic mass is 19.1. The van der Waals surface area contributed by atoms with Gasteiger partial charge in [0, 0.05) is 16.6 Å². The number of hydrogen-bond acceptors (Lipinski definition) is 3. The second-order valence-electron chi connectivity index (χ2n) is 6.39. The number of rotatable bonds is 4. The van der Waals surface area contributed by atoms with Crippen molar-refractivity contribution in [2.45, 2.75) is 19.9 Å². The standard InChI is InChI=1S/C20H18FN5O/c1-12(23-20(27)19-16-5-3-4-6-18(16)24-25-19)17-11-22-26(13(17)2)15-9-7-14(21)8-10-15/h3-12H,1-2H3,(H,23,27)(H,24,25). The predicted molar refractivity (Wildman–Crippen MR) is 100 cm³/mol. The summed E-state index contributed by atoms with van der Waals surface area (Å²) in [5.74, 6) is -0.551. The molecule has 0 bridgehead atoms. The molecule has 2 heterocycles. The van der Waals surface area contributed by atoms with Crippen LogP contribution >= 0.6 is 0 Å². The van der Waals surface area contributed by atoms with Gasteiger partial charge in [0.1, 0.15) is 5.82 Å². The van der Waals surface area contributed by atoms with E-state index < -0.39 is 0 Å². The lowest BCUT2D eigenvalue weighted by Crippen LogP contribution is -2.27. The summed E-state index contributed by atoms with van der Waals surface area (Å²) in [6, 6.07) is 13.3. The number of carbonyl (C=O) groups is 1. The number of halogens is 1. The van der Waals surface area contributed by atoms with Gasteiger partial charge >= 0.3 is 0 Å². The Balaban J connectivity index is 1.57. The highest BCUT2D eigenvalue weighted by Crippen LogP contribution is 2.22. The molecular formula is C20H18FN5O. The summed E-state index contributed by atoms with van der Waals surface area (Å²) in [6.45, 7) is 3.81. The lowest BCUT2D eigenvalue weighted by molar-refractivity contribution is 0.0936. The van der Waals surface area contributed by atoms with Crippen molar-refractivity contribution < 1.29 is 9.18 Å². The van der Waals surface area contributed by atoms with Crippen molar-refractivity contribution in [3.63, 3.8) is 0 Å². The van der Waals surface area contributed by atoms with Crippen LogP contribution in [-0.2, 0) is 0 Å². The van der Waals surface area contributed by atoms with Crippen LogP contribution < -0.4 is 5.32 Å². The Kier molecular flexibility index (Phi) is 4.19. The van der Waals surface area contributed by atoms with E-state index in [0.29, 0.717) is 5.69 Å². The number of amides is 1. The number of benzene rings is 2. The fourth-order valence-electron chi connectivity index (χ4n) is 3.17. The summed E-state index contributed by atoms with van der Waals surface area (Å²) in [5.41, 5.74) is 3.70. The van der Waals surface area contributed by atoms with Crippen LogP contribution in [0.3, 0.4) is 0 Å². The van der Waals surface area contributed by atoms with E-state index in [1.165, 1.54) is 12.1 Å². The molecule has 2 aromatic heterocycles. The molecule has 1 atom stereocenters.